The molecule has 3 heterocycles. The summed E-state index contributed by atoms with van der Waals surface area (Å²) in [5.41, 5.74) is 2.41. The fraction of sp³-hybridized carbons (Fsp3) is 0.222. The van der Waals surface area contributed by atoms with Crippen molar-refractivity contribution in [3.63, 3.8) is 0 Å². The van der Waals surface area contributed by atoms with Crippen LogP contribution in [-0.2, 0) is 0 Å². The van der Waals surface area contributed by atoms with Crippen molar-refractivity contribution in [2.75, 3.05) is 13.1 Å². The number of para-hydroxylation sites is 1. The molecule has 1 aliphatic rings. The molecule has 2 aromatic carbocycles. The Morgan fingerprint density at radius 3 is 2.71 bits per heavy atom. The molecule has 0 N–H and O–H groups in total. The summed E-state index contributed by atoms with van der Waals surface area (Å²) in [5.74, 6) is 1.75. The minimum absolute atomic E-state index is 0.0468. The van der Waals surface area contributed by atoms with Crippen molar-refractivity contribution in [3.8, 4) is 23.4 Å². The summed E-state index contributed by atoms with van der Waals surface area (Å²) in [6, 6.07) is 16.8. The van der Waals surface area contributed by atoms with Gasteiger partial charge in [0, 0.05) is 43.2 Å². The number of carbonyl (C=O) groups is 1. The lowest BCUT2D eigenvalue weighted by molar-refractivity contribution is 0.0705. The van der Waals surface area contributed by atoms with Crippen LogP contribution in [0.5, 0.6) is 23.4 Å². The van der Waals surface area contributed by atoms with Gasteiger partial charge >= 0.3 is 6.01 Å². The summed E-state index contributed by atoms with van der Waals surface area (Å²) in [4.78, 5) is 32.4. The van der Waals surface area contributed by atoms with Crippen molar-refractivity contribution >= 4 is 5.91 Å². The molecule has 1 atom stereocenters. The topological polar surface area (TPSA) is 90.3 Å². The monoisotopic (exact) mass is 467 g/mol. The molecule has 2 aromatic heterocycles. The van der Waals surface area contributed by atoms with Crippen LogP contribution in [0.1, 0.15) is 40.4 Å². The number of piperidine rings is 1. The summed E-state index contributed by atoms with van der Waals surface area (Å²) >= 11 is 0. The highest BCUT2D eigenvalue weighted by Crippen LogP contribution is 2.29. The SMILES string of the molecule is Cc1ccccc1Oc1cncc([C@H]2CCCN(C(=O)c3cccc(Oc4ncccn4)c3)C2)n1. The predicted octanol–water partition coefficient (Wildman–Crippen LogP) is 5.18. The van der Waals surface area contributed by atoms with Gasteiger partial charge in [-0.2, -0.15) is 0 Å². The highest BCUT2D eigenvalue weighted by molar-refractivity contribution is 5.94. The van der Waals surface area contributed by atoms with Gasteiger partial charge < -0.3 is 14.4 Å². The van der Waals surface area contributed by atoms with E-state index in [0.717, 1.165) is 29.8 Å². The first-order valence-corrected chi connectivity index (χ1v) is 11.6. The van der Waals surface area contributed by atoms with Crippen LogP contribution in [0.25, 0.3) is 0 Å². The summed E-state index contributed by atoms with van der Waals surface area (Å²) < 4.78 is 11.7. The molecule has 1 fully saturated rings. The number of ether oxygens (including phenoxy) is 2. The van der Waals surface area contributed by atoms with E-state index in [-0.39, 0.29) is 17.8 Å². The van der Waals surface area contributed by atoms with Crippen LogP contribution in [0.4, 0.5) is 0 Å². The second-order valence-electron chi connectivity index (χ2n) is 8.40. The van der Waals surface area contributed by atoms with Crippen molar-refractivity contribution in [2.45, 2.75) is 25.7 Å². The highest BCUT2D eigenvalue weighted by Gasteiger charge is 2.27. The van der Waals surface area contributed by atoms with Crippen LogP contribution in [0, 0.1) is 6.92 Å². The average Bonchev–Trinajstić information content (AvgIpc) is 2.91. The van der Waals surface area contributed by atoms with Gasteiger partial charge in [-0.3, -0.25) is 9.78 Å². The molecule has 8 heteroatoms. The van der Waals surface area contributed by atoms with E-state index in [2.05, 4.69) is 15.0 Å². The summed E-state index contributed by atoms with van der Waals surface area (Å²) in [6.45, 7) is 3.24. The first kappa shape index (κ1) is 22.5. The molecular formula is C27H25N5O3. The van der Waals surface area contributed by atoms with Crippen LogP contribution in [-0.4, -0.2) is 43.8 Å². The third-order valence-electron chi connectivity index (χ3n) is 5.90. The number of amides is 1. The number of nitrogens with zero attached hydrogens (tertiary/aromatic N) is 5. The zero-order valence-electron chi connectivity index (χ0n) is 19.4. The van der Waals surface area contributed by atoms with Gasteiger partial charge in [-0.15, -0.1) is 0 Å². The standard InChI is InChI=1S/C27H25N5O3/c1-19-7-2-3-11-24(19)35-25-17-28-16-23(31-25)21-9-5-14-32(18-21)26(33)20-8-4-10-22(15-20)34-27-29-12-6-13-30-27/h2-4,6-8,10-13,15-17,21H,5,9,14,18H2,1H3/t21-/m0/s1. The third kappa shape index (κ3) is 5.43. The molecule has 176 valence electrons. The molecule has 0 unspecified atom stereocenters. The normalized spacial score (nSPS) is 15.5. The van der Waals surface area contributed by atoms with Crippen LogP contribution in [0.2, 0.25) is 0 Å². The maximum absolute atomic E-state index is 13.3. The molecule has 1 aliphatic heterocycles. The molecule has 5 rings (SSSR count). The molecular weight excluding hydrogens is 442 g/mol. The Labute approximate surface area is 203 Å². The van der Waals surface area contributed by atoms with Crippen LogP contribution in [0.3, 0.4) is 0 Å². The fourth-order valence-electron chi connectivity index (χ4n) is 4.11. The van der Waals surface area contributed by atoms with E-state index in [9.17, 15) is 4.79 Å². The van der Waals surface area contributed by atoms with Crippen molar-refractivity contribution in [2.24, 2.45) is 0 Å². The number of carbonyl (C=O) groups excluding carboxylic acids is 1. The van der Waals surface area contributed by atoms with Gasteiger partial charge in [0.1, 0.15) is 11.5 Å². The van der Waals surface area contributed by atoms with Gasteiger partial charge in [0.2, 0.25) is 5.88 Å². The molecule has 1 saturated heterocycles. The zero-order valence-corrected chi connectivity index (χ0v) is 19.4. The largest absolute Gasteiger partial charge is 0.437 e. The Hall–Kier alpha value is -4.33. The first-order valence-electron chi connectivity index (χ1n) is 11.6. The maximum Gasteiger partial charge on any atom is 0.321 e. The number of likely N-dealkylation sites (tertiary alicyclic amines) is 1. The van der Waals surface area contributed by atoms with E-state index < -0.39 is 0 Å². The molecule has 0 bridgehead atoms. The van der Waals surface area contributed by atoms with E-state index >= 15 is 0 Å². The van der Waals surface area contributed by atoms with Crippen LogP contribution < -0.4 is 9.47 Å². The molecule has 35 heavy (non-hydrogen) atoms. The van der Waals surface area contributed by atoms with Gasteiger partial charge in [-0.1, -0.05) is 24.3 Å². The van der Waals surface area contributed by atoms with E-state index in [1.54, 1.807) is 55.1 Å². The van der Waals surface area contributed by atoms with E-state index in [4.69, 9.17) is 14.5 Å². The Morgan fingerprint density at radius 1 is 1.00 bits per heavy atom. The zero-order chi connectivity index (χ0) is 24.0. The van der Waals surface area contributed by atoms with E-state index in [1.807, 2.05) is 36.1 Å². The fourth-order valence-corrected chi connectivity index (χ4v) is 4.11. The third-order valence-corrected chi connectivity index (χ3v) is 5.90. The lowest BCUT2D eigenvalue weighted by atomic mass is 9.94. The number of aryl methyl sites for hydroxylation is 1. The van der Waals surface area contributed by atoms with Gasteiger partial charge in [-0.25, -0.2) is 15.0 Å². The summed E-state index contributed by atoms with van der Waals surface area (Å²) in [6.07, 6.45) is 8.40. The van der Waals surface area contributed by atoms with E-state index in [0.29, 0.717) is 30.3 Å². The van der Waals surface area contributed by atoms with Crippen molar-refractivity contribution in [3.05, 3.63) is 96.2 Å². The Bertz CT molecular complexity index is 1310. The second-order valence-corrected chi connectivity index (χ2v) is 8.40. The minimum Gasteiger partial charge on any atom is -0.437 e. The second kappa shape index (κ2) is 10.3. The highest BCUT2D eigenvalue weighted by atomic mass is 16.5. The molecule has 8 nitrogen and oxygen atoms in total. The van der Waals surface area contributed by atoms with Crippen molar-refractivity contribution in [1.82, 2.24) is 24.8 Å². The lowest BCUT2D eigenvalue weighted by Crippen LogP contribution is -2.39. The quantitative estimate of drug-likeness (QED) is 0.386. The Balaban J connectivity index is 1.28. The molecule has 0 saturated carbocycles. The Morgan fingerprint density at radius 2 is 1.86 bits per heavy atom. The Kier molecular flexibility index (Phi) is 6.61. The average molecular weight is 468 g/mol. The number of hydrogen-bond donors (Lipinski definition) is 0. The van der Waals surface area contributed by atoms with Crippen molar-refractivity contribution in [1.29, 1.82) is 0 Å². The van der Waals surface area contributed by atoms with Crippen LogP contribution in [0.15, 0.2) is 79.4 Å². The predicted molar refractivity (Wildman–Crippen MR) is 130 cm³/mol. The van der Waals surface area contributed by atoms with Gasteiger partial charge in [-0.05, 0) is 55.7 Å². The molecule has 0 spiro atoms. The van der Waals surface area contributed by atoms with Gasteiger partial charge in [0.05, 0.1) is 11.9 Å². The van der Waals surface area contributed by atoms with E-state index in [1.165, 1.54) is 0 Å². The number of aromatic nitrogens is 4. The minimum atomic E-state index is -0.0468. The smallest absolute Gasteiger partial charge is 0.321 e. The molecule has 0 aliphatic carbocycles. The number of rotatable bonds is 6. The van der Waals surface area contributed by atoms with Crippen LogP contribution >= 0.6 is 0 Å². The summed E-state index contributed by atoms with van der Waals surface area (Å²) in [7, 11) is 0. The van der Waals surface area contributed by atoms with Gasteiger partial charge in [0.25, 0.3) is 5.91 Å². The van der Waals surface area contributed by atoms with Gasteiger partial charge in [0.15, 0.2) is 0 Å². The summed E-state index contributed by atoms with van der Waals surface area (Å²) in [5, 5.41) is 0. The number of hydrogen-bond acceptors (Lipinski definition) is 7. The molecule has 1 amide bonds. The molecule has 4 aromatic rings. The van der Waals surface area contributed by atoms with Crippen molar-refractivity contribution < 1.29 is 14.3 Å². The lowest BCUT2D eigenvalue weighted by Gasteiger charge is -2.32. The first-order chi connectivity index (χ1) is 17.2. The maximum atomic E-state index is 13.3. The molecule has 0 radical (unpaired) electrons. The number of benzene rings is 2.